The van der Waals surface area contributed by atoms with Crippen LogP contribution in [0.15, 0.2) is 0 Å². The van der Waals surface area contributed by atoms with Gasteiger partial charge in [-0.3, -0.25) is 4.79 Å². The predicted molar refractivity (Wildman–Crippen MR) is 94.8 cm³/mol. The summed E-state index contributed by atoms with van der Waals surface area (Å²) in [5.41, 5.74) is -0.794. The van der Waals surface area contributed by atoms with Crippen molar-refractivity contribution in [3.05, 3.63) is 0 Å². The van der Waals surface area contributed by atoms with Crippen molar-refractivity contribution in [2.75, 3.05) is 13.2 Å². The maximum Gasteiger partial charge on any atom is 0.508 e. The molecule has 0 saturated carbocycles. The van der Waals surface area contributed by atoms with E-state index in [1.807, 2.05) is 6.92 Å². The van der Waals surface area contributed by atoms with E-state index in [0.717, 1.165) is 19.3 Å². The SMILES string of the molecule is CCCCC(CCC)(C(=O)OCC)C(CC(C)C)OC(=O)OCC. The van der Waals surface area contributed by atoms with Gasteiger partial charge in [0.1, 0.15) is 11.5 Å². The number of ether oxygens (including phenoxy) is 3. The molecule has 0 fully saturated rings. The van der Waals surface area contributed by atoms with Crippen LogP contribution in [-0.4, -0.2) is 31.4 Å². The van der Waals surface area contributed by atoms with Crippen molar-refractivity contribution in [1.82, 2.24) is 0 Å². The van der Waals surface area contributed by atoms with E-state index in [4.69, 9.17) is 14.2 Å². The Morgan fingerprint density at radius 2 is 1.54 bits per heavy atom. The summed E-state index contributed by atoms with van der Waals surface area (Å²) in [5.74, 6) is 0.0342. The molecule has 0 bridgehead atoms. The smallest absolute Gasteiger partial charge is 0.465 e. The molecule has 0 aromatic rings. The Hall–Kier alpha value is -1.26. The van der Waals surface area contributed by atoms with Crippen molar-refractivity contribution in [2.24, 2.45) is 11.3 Å². The van der Waals surface area contributed by atoms with Crippen LogP contribution in [0.4, 0.5) is 4.79 Å². The van der Waals surface area contributed by atoms with E-state index in [-0.39, 0.29) is 18.5 Å². The number of hydrogen-bond donors (Lipinski definition) is 0. The van der Waals surface area contributed by atoms with Crippen LogP contribution in [0.3, 0.4) is 0 Å². The van der Waals surface area contributed by atoms with Gasteiger partial charge in [-0.2, -0.15) is 0 Å². The Morgan fingerprint density at radius 1 is 0.917 bits per heavy atom. The minimum atomic E-state index is -0.794. The Kier molecular flexibility index (Phi) is 11.5. The maximum atomic E-state index is 12.9. The summed E-state index contributed by atoms with van der Waals surface area (Å²) in [6, 6.07) is 0. The van der Waals surface area contributed by atoms with Crippen molar-refractivity contribution in [3.63, 3.8) is 0 Å². The van der Waals surface area contributed by atoms with Crippen LogP contribution in [0.25, 0.3) is 0 Å². The van der Waals surface area contributed by atoms with Crippen LogP contribution >= 0.6 is 0 Å². The lowest BCUT2D eigenvalue weighted by atomic mass is 9.71. The third-order valence-corrected chi connectivity index (χ3v) is 4.16. The topological polar surface area (TPSA) is 61.8 Å². The first-order valence-electron chi connectivity index (χ1n) is 9.38. The minimum absolute atomic E-state index is 0.252. The fourth-order valence-corrected chi connectivity index (χ4v) is 3.08. The number of unbranched alkanes of at least 4 members (excludes halogenated alkanes) is 1. The lowest BCUT2D eigenvalue weighted by Gasteiger charge is -2.38. The maximum absolute atomic E-state index is 12.9. The Bertz CT molecular complexity index is 367. The van der Waals surface area contributed by atoms with E-state index in [2.05, 4.69) is 20.8 Å². The van der Waals surface area contributed by atoms with E-state index in [1.165, 1.54) is 0 Å². The summed E-state index contributed by atoms with van der Waals surface area (Å²) < 4.78 is 16.0. The molecule has 0 heterocycles. The van der Waals surface area contributed by atoms with Crippen LogP contribution < -0.4 is 0 Å². The molecule has 0 rings (SSSR count). The Balaban J connectivity index is 5.70. The summed E-state index contributed by atoms with van der Waals surface area (Å²) in [6.07, 6.45) is 3.37. The molecule has 0 N–H and O–H groups in total. The fraction of sp³-hybridized carbons (Fsp3) is 0.895. The first-order chi connectivity index (χ1) is 11.4. The molecule has 2 atom stereocenters. The fourth-order valence-electron chi connectivity index (χ4n) is 3.08. The van der Waals surface area contributed by atoms with Gasteiger partial charge in [-0.15, -0.1) is 0 Å². The summed E-state index contributed by atoms with van der Waals surface area (Å²) in [4.78, 5) is 24.8. The summed E-state index contributed by atoms with van der Waals surface area (Å²) >= 11 is 0. The van der Waals surface area contributed by atoms with Crippen molar-refractivity contribution < 1.29 is 23.8 Å². The van der Waals surface area contributed by atoms with Crippen molar-refractivity contribution in [2.45, 2.75) is 86.2 Å². The van der Waals surface area contributed by atoms with E-state index >= 15 is 0 Å². The molecule has 142 valence electrons. The standard InChI is InChI=1S/C19H36O5/c1-7-11-13-19(12-8-2,17(20)22-9-3)16(14-15(5)6)24-18(21)23-10-4/h15-16H,7-14H2,1-6H3. The number of esters is 1. The molecule has 5 nitrogen and oxygen atoms in total. The molecule has 0 aromatic heterocycles. The zero-order valence-corrected chi connectivity index (χ0v) is 16.4. The molecule has 0 saturated heterocycles. The van der Waals surface area contributed by atoms with Gasteiger partial charge in [-0.05, 0) is 39.0 Å². The zero-order valence-electron chi connectivity index (χ0n) is 16.4. The molecule has 0 spiro atoms. The van der Waals surface area contributed by atoms with E-state index < -0.39 is 17.7 Å². The lowest BCUT2D eigenvalue weighted by Crippen LogP contribution is -2.47. The molecule has 0 amide bonds. The van der Waals surface area contributed by atoms with Gasteiger partial charge >= 0.3 is 12.1 Å². The van der Waals surface area contributed by atoms with Gasteiger partial charge in [0.25, 0.3) is 0 Å². The van der Waals surface area contributed by atoms with E-state index in [0.29, 0.717) is 25.9 Å². The molecule has 0 aliphatic rings. The van der Waals surface area contributed by atoms with Gasteiger partial charge in [-0.25, -0.2) is 4.79 Å². The van der Waals surface area contributed by atoms with Crippen molar-refractivity contribution in [1.29, 1.82) is 0 Å². The second-order valence-corrected chi connectivity index (χ2v) is 6.65. The monoisotopic (exact) mass is 344 g/mol. The molecule has 0 aromatic carbocycles. The molecule has 24 heavy (non-hydrogen) atoms. The van der Waals surface area contributed by atoms with E-state index in [1.54, 1.807) is 13.8 Å². The summed E-state index contributed by atoms with van der Waals surface area (Å²) in [7, 11) is 0. The zero-order chi connectivity index (χ0) is 18.6. The van der Waals surface area contributed by atoms with Gasteiger partial charge in [0, 0.05) is 0 Å². The average Bonchev–Trinajstić information content (AvgIpc) is 2.50. The molecule has 0 aliphatic carbocycles. The number of carbonyl (C=O) groups excluding carboxylic acids is 2. The lowest BCUT2D eigenvalue weighted by molar-refractivity contribution is -0.167. The van der Waals surface area contributed by atoms with E-state index in [9.17, 15) is 9.59 Å². The first-order valence-corrected chi connectivity index (χ1v) is 9.38. The molecule has 0 radical (unpaired) electrons. The molecule has 5 heteroatoms. The minimum Gasteiger partial charge on any atom is -0.465 e. The number of hydrogen-bond acceptors (Lipinski definition) is 5. The van der Waals surface area contributed by atoms with Gasteiger partial charge in [0.15, 0.2) is 0 Å². The largest absolute Gasteiger partial charge is 0.508 e. The number of carbonyl (C=O) groups is 2. The Morgan fingerprint density at radius 3 is 2.00 bits per heavy atom. The van der Waals surface area contributed by atoms with Crippen molar-refractivity contribution in [3.8, 4) is 0 Å². The highest BCUT2D eigenvalue weighted by Gasteiger charge is 2.48. The van der Waals surface area contributed by atoms with Crippen LogP contribution in [0, 0.1) is 11.3 Å². The highest BCUT2D eigenvalue weighted by Crippen LogP contribution is 2.40. The highest BCUT2D eigenvalue weighted by atomic mass is 16.7. The van der Waals surface area contributed by atoms with Gasteiger partial charge in [0.2, 0.25) is 0 Å². The Labute approximate surface area is 147 Å². The highest BCUT2D eigenvalue weighted by molar-refractivity contribution is 5.78. The summed E-state index contributed by atoms with van der Waals surface area (Å²) in [6.45, 7) is 12.4. The van der Waals surface area contributed by atoms with Gasteiger partial charge < -0.3 is 14.2 Å². The molecule has 0 aliphatic heterocycles. The average molecular weight is 344 g/mol. The quantitative estimate of drug-likeness (QED) is 0.460. The molecular weight excluding hydrogens is 308 g/mol. The first kappa shape index (κ1) is 22.7. The molecular formula is C19H36O5. The van der Waals surface area contributed by atoms with Gasteiger partial charge in [0.05, 0.1) is 13.2 Å². The normalized spacial score (nSPS) is 14.8. The second kappa shape index (κ2) is 12.2. The molecule has 2 unspecified atom stereocenters. The predicted octanol–water partition coefficient (Wildman–Crippen LogP) is 5.11. The van der Waals surface area contributed by atoms with Crippen LogP contribution in [0.1, 0.15) is 80.1 Å². The van der Waals surface area contributed by atoms with Crippen LogP contribution in [-0.2, 0) is 19.0 Å². The summed E-state index contributed by atoms with van der Waals surface area (Å²) in [5, 5.41) is 0. The number of rotatable bonds is 12. The van der Waals surface area contributed by atoms with Gasteiger partial charge in [-0.1, -0.05) is 47.0 Å². The third kappa shape index (κ3) is 7.10. The third-order valence-electron chi connectivity index (χ3n) is 4.16. The van der Waals surface area contributed by atoms with Crippen LogP contribution in [0.2, 0.25) is 0 Å². The van der Waals surface area contributed by atoms with Crippen molar-refractivity contribution >= 4 is 12.1 Å². The van der Waals surface area contributed by atoms with Crippen LogP contribution in [0.5, 0.6) is 0 Å². The second-order valence-electron chi connectivity index (χ2n) is 6.65.